The molecule has 2 aromatic rings. The maximum absolute atomic E-state index is 12.9. The van der Waals surface area contributed by atoms with Gasteiger partial charge in [-0.25, -0.2) is 4.79 Å². The highest BCUT2D eigenvalue weighted by molar-refractivity contribution is 5.79. The largest absolute Gasteiger partial charge is 0.481 e. The van der Waals surface area contributed by atoms with Crippen LogP contribution >= 0.6 is 0 Å². The monoisotopic (exact) mass is 409 g/mol. The molecule has 0 aromatic heterocycles. The SMILES string of the molecule is COC(C(C)C(=O)O)[C@@H]1CCCN1C(=O)OCC1c2ccccc2-c2ccccc21. The van der Waals surface area contributed by atoms with Gasteiger partial charge in [-0.3, -0.25) is 4.79 Å². The highest BCUT2D eigenvalue weighted by Gasteiger charge is 2.41. The molecule has 1 aliphatic carbocycles. The fourth-order valence-electron chi connectivity index (χ4n) is 4.87. The number of rotatable bonds is 6. The molecule has 1 N–H and O–H groups in total. The summed E-state index contributed by atoms with van der Waals surface area (Å²) < 4.78 is 11.3. The molecule has 158 valence electrons. The molecule has 1 fully saturated rings. The standard InChI is InChI=1S/C24H27NO5/c1-15(23(26)27)22(29-2)21-12-7-13-25(21)24(28)30-14-20-18-10-5-3-8-16(18)17-9-4-6-11-19(17)20/h3-6,8-11,15,20-22H,7,12-14H2,1-2H3,(H,26,27)/t15?,21-,22?/m0/s1. The van der Waals surface area contributed by atoms with E-state index in [1.807, 2.05) is 24.3 Å². The number of nitrogens with zero attached hydrogens (tertiary/aromatic N) is 1. The van der Waals surface area contributed by atoms with E-state index in [2.05, 4.69) is 24.3 Å². The zero-order chi connectivity index (χ0) is 21.3. The number of hydrogen-bond acceptors (Lipinski definition) is 4. The summed E-state index contributed by atoms with van der Waals surface area (Å²) in [6.07, 6.45) is 0.547. The van der Waals surface area contributed by atoms with Crippen LogP contribution < -0.4 is 0 Å². The summed E-state index contributed by atoms with van der Waals surface area (Å²) in [7, 11) is 1.50. The molecule has 1 amide bonds. The van der Waals surface area contributed by atoms with Gasteiger partial charge in [-0.1, -0.05) is 48.5 Å². The third-order valence-corrected chi connectivity index (χ3v) is 6.40. The van der Waals surface area contributed by atoms with Gasteiger partial charge in [-0.15, -0.1) is 0 Å². The second-order valence-corrected chi connectivity index (χ2v) is 8.03. The number of fused-ring (bicyclic) bond motifs is 3. The lowest BCUT2D eigenvalue weighted by molar-refractivity contribution is -0.147. The van der Waals surface area contributed by atoms with Crippen LogP contribution in [0.5, 0.6) is 0 Å². The number of benzene rings is 2. The van der Waals surface area contributed by atoms with Crippen molar-refractivity contribution in [2.75, 3.05) is 20.3 Å². The lowest BCUT2D eigenvalue weighted by Crippen LogP contribution is -2.48. The maximum atomic E-state index is 12.9. The Kier molecular flexibility index (Phi) is 5.77. The van der Waals surface area contributed by atoms with Gasteiger partial charge >= 0.3 is 12.1 Å². The lowest BCUT2D eigenvalue weighted by Gasteiger charge is -2.32. The maximum Gasteiger partial charge on any atom is 0.410 e. The second kappa shape index (κ2) is 8.48. The normalized spacial score (nSPS) is 19.8. The van der Waals surface area contributed by atoms with Crippen molar-refractivity contribution in [2.24, 2.45) is 5.92 Å². The summed E-state index contributed by atoms with van der Waals surface area (Å²) in [5.41, 5.74) is 4.70. The Labute approximate surface area is 176 Å². The van der Waals surface area contributed by atoms with Crippen molar-refractivity contribution in [1.82, 2.24) is 4.90 Å². The van der Waals surface area contributed by atoms with Gasteiger partial charge in [0.25, 0.3) is 0 Å². The van der Waals surface area contributed by atoms with Crippen LogP contribution in [0.1, 0.15) is 36.8 Å². The van der Waals surface area contributed by atoms with Crippen molar-refractivity contribution in [1.29, 1.82) is 0 Å². The van der Waals surface area contributed by atoms with E-state index in [-0.39, 0.29) is 18.6 Å². The quantitative estimate of drug-likeness (QED) is 0.776. The minimum Gasteiger partial charge on any atom is -0.481 e. The molecule has 6 nitrogen and oxygen atoms in total. The lowest BCUT2D eigenvalue weighted by atomic mass is 9.96. The second-order valence-electron chi connectivity index (χ2n) is 8.03. The minimum absolute atomic E-state index is 0.00133. The molecule has 0 radical (unpaired) electrons. The van der Waals surface area contributed by atoms with Gasteiger partial charge in [-0.2, -0.15) is 0 Å². The Bertz CT molecular complexity index is 897. The molecular formula is C24H27NO5. The first kappa shape index (κ1) is 20.4. The summed E-state index contributed by atoms with van der Waals surface area (Å²) in [5.74, 6) is -1.64. The number of carbonyl (C=O) groups is 2. The van der Waals surface area contributed by atoms with Gasteiger partial charge < -0.3 is 19.5 Å². The molecule has 1 aliphatic heterocycles. The average molecular weight is 409 g/mol. The number of hydrogen-bond donors (Lipinski definition) is 1. The van der Waals surface area contributed by atoms with Gasteiger partial charge in [0.1, 0.15) is 6.61 Å². The fraction of sp³-hybridized carbons (Fsp3) is 0.417. The Hall–Kier alpha value is -2.86. The Morgan fingerprint density at radius 1 is 1.10 bits per heavy atom. The molecule has 2 unspecified atom stereocenters. The van der Waals surface area contributed by atoms with E-state index in [0.717, 1.165) is 6.42 Å². The van der Waals surface area contributed by atoms with Crippen LogP contribution in [0.25, 0.3) is 11.1 Å². The van der Waals surface area contributed by atoms with Crippen LogP contribution in [0, 0.1) is 5.92 Å². The number of carboxylic acids is 1. The van der Waals surface area contributed by atoms with Gasteiger partial charge in [0.15, 0.2) is 0 Å². The van der Waals surface area contributed by atoms with Crippen LogP contribution in [-0.2, 0) is 14.3 Å². The van der Waals surface area contributed by atoms with Crippen LogP contribution in [0.4, 0.5) is 4.79 Å². The Balaban J connectivity index is 1.49. The molecule has 0 bridgehead atoms. The number of carboxylic acid groups (broad SMARTS) is 1. The summed E-state index contributed by atoms with van der Waals surface area (Å²) in [6, 6.07) is 16.1. The van der Waals surface area contributed by atoms with E-state index >= 15 is 0 Å². The third kappa shape index (κ3) is 3.56. The summed E-state index contributed by atoms with van der Waals surface area (Å²) >= 11 is 0. The smallest absolute Gasteiger partial charge is 0.410 e. The minimum atomic E-state index is -0.929. The van der Waals surface area contributed by atoms with Crippen LogP contribution in [0.2, 0.25) is 0 Å². The van der Waals surface area contributed by atoms with Crippen LogP contribution in [0.3, 0.4) is 0 Å². The van der Waals surface area contributed by atoms with Crippen molar-refractivity contribution in [3.8, 4) is 11.1 Å². The summed E-state index contributed by atoms with van der Waals surface area (Å²) in [4.78, 5) is 26.0. The number of methoxy groups -OCH3 is 1. The third-order valence-electron chi connectivity index (χ3n) is 6.40. The molecule has 3 atom stereocenters. The van der Waals surface area contributed by atoms with E-state index in [1.165, 1.54) is 29.4 Å². The van der Waals surface area contributed by atoms with E-state index in [9.17, 15) is 14.7 Å². The molecule has 6 heteroatoms. The first-order valence-corrected chi connectivity index (χ1v) is 10.4. The molecule has 1 heterocycles. The number of likely N-dealkylation sites (tertiary alicyclic amines) is 1. The molecule has 0 saturated carbocycles. The highest BCUT2D eigenvalue weighted by Crippen LogP contribution is 2.44. The average Bonchev–Trinajstić information content (AvgIpc) is 3.36. The predicted octanol–water partition coefficient (Wildman–Crippen LogP) is 4.14. The van der Waals surface area contributed by atoms with E-state index in [1.54, 1.807) is 11.8 Å². The molecule has 30 heavy (non-hydrogen) atoms. The molecule has 0 spiro atoms. The predicted molar refractivity (Wildman–Crippen MR) is 112 cm³/mol. The number of aliphatic carboxylic acids is 1. The zero-order valence-corrected chi connectivity index (χ0v) is 17.3. The molecule has 1 saturated heterocycles. The summed E-state index contributed by atoms with van der Waals surface area (Å²) in [5, 5.41) is 9.39. The Morgan fingerprint density at radius 3 is 2.27 bits per heavy atom. The Morgan fingerprint density at radius 2 is 1.70 bits per heavy atom. The van der Waals surface area contributed by atoms with Crippen LogP contribution in [0.15, 0.2) is 48.5 Å². The van der Waals surface area contributed by atoms with Crippen molar-refractivity contribution in [2.45, 2.75) is 37.8 Å². The topological polar surface area (TPSA) is 76.1 Å². The van der Waals surface area contributed by atoms with Crippen molar-refractivity contribution in [3.05, 3.63) is 59.7 Å². The number of carbonyl (C=O) groups excluding carboxylic acids is 1. The van der Waals surface area contributed by atoms with Gasteiger partial charge in [0.05, 0.1) is 18.1 Å². The van der Waals surface area contributed by atoms with Crippen molar-refractivity contribution in [3.63, 3.8) is 0 Å². The fourth-order valence-corrected chi connectivity index (χ4v) is 4.87. The van der Waals surface area contributed by atoms with Gasteiger partial charge in [-0.05, 0) is 42.0 Å². The van der Waals surface area contributed by atoms with Crippen molar-refractivity contribution >= 4 is 12.1 Å². The molecule has 2 aliphatic rings. The van der Waals surface area contributed by atoms with Gasteiger partial charge in [0.2, 0.25) is 0 Å². The number of ether oxygens (including phenoxy) is 2. The van der Waals surface area contributed by atoms with E-state index < -0.39 is 24.1 Å². The first-order chi connectivity index (χ1) is 14.5. The molecule has 2 aromatic carbocycles. The van der Waals surface area contributed by atoms with Crippen LogP contribution in [-0.4, -0.2) is 54.5 Å². The first-order valence-electron chi connectivity index (χ1n) is 10.4. The van der Waals surface area contributed by atoms with Gasteiger partial charge in [0, 0.05) is 19.6 Å². The number of amides is 1. The highest BCUT2D eigenvalue weighted by atomic mass is 16.6. The molecule has 4 rings (SSSR count). The van der Waals surface area contributed by atoms with E-state index in [4.69, 9.17) is 9.47 Å². The van der Waals surface area contributed by atoms with Crippen molar-refractivity contribution < 1.29 is 24.2 Å². The molecular weight excluding hydrogens is 382 g/mol. The summed E-state index contributed by atoms with van der Waals surface area (Å²) in [6.45, 7) is 2.42. The zero-order valence-electron chi connectivity index (χ0n) is 17.3. The van der Waals surface area contributed by atoms with E-state index in [0.29, 0.717) is 13.0 Å².